The van der Waals surface area contributed by atoms with Crippen molar-refractivity contribution in [2.24, 2.45) is 10.9 Å². The van der Waals surface area contributed by atoms with Crippen LogP contribution in [-0.4, -0.2) is 18.4 Å². The summed E-state index contributed by atoms with van der Waals surface area (Å²) in [7, 11) is 0. The SMILES string of the molecule is NC[C@@H]1CC(c2ccccc2Cl)=NO1. The van der Waals surface area contributed by atoms with E-state index >= 15 is 0 Å². The molecule has 0 bridgehead atoms. The molecule has 1 aromatic rings. The van der Waals surface area contributed by atoms with Gasteiger partial charge in [-0.05, 0) is 6.07 Å². The first-order valence-electron chi connectivity index (χ1n) is 4.49. The van der Waals surface area contributed by atoms with Gasteiger partial charge in [-0.25, -0.2) is 0 Å². The van der Waals surface area contributed by atoms with Crippen LogP contribution >= 0.6 is 11.6 Å². The molecule has 2 rings (SSSR count). The van der Waals surface area contributed by atoms with Gasteiger partial charge >= 0.3 is 0 Å². The summed E-state index contributed by atoms with van der Waals surface area (Å²) in [5.74, 6) is 0. The van der Waals surface area contributed by atoms with Gasteiger partial charge in [-0.1, -0.05) is 35.0 Å². The number of hydrogen-bond donors (Lipinski definition) is 1. The lowest BCUT2D eigenvalue weighted by Gasteiger charge is -2.03. The normalized spacial score (nSPS) is 20.4. The quantitative estimate of drug-likeness (QED) is 0.809. The van der Waals surface area contributed by atoms with Crippen molar-refractivity contribution in [1.82, 2.24) is 0 Å². The summed E-state index contributed by atoms with van der Waals surface area (Å²) in [5, 5.41) is 4.67. The molecular formula is C10H11ClN2O. The zero-order valence-corrected chi connectivity index (χ0v) is 8.37. The third-order valence-corrected chi connectivity index (χ3v) is 2.51. The fourth-order valence-electron chi connectivity index (χ4n) is 1.41. The van der Waals surface area contributed by atoms with E-state index in [0.717, 1.165) is 17.7 Å². The first-order chi connectivity index (χ1) is 6.81. The molecule has 1 atom stereocenters. The monoisotopic (exact) mass is 210 g/mol. The Morgan fingerprint density at radius 3 is 2.93 bits per heavy atom. The molecule has 1 aromatic carbocycles. The molecule has 0 saturated carbocycles. The molecule has 1 aliphatic heterocycles. The summed E-state index contributed by atoms with van der Waals surface area (Å²) in [4.78, 5) is 5.13. The van der Waals surface area contributed by atoms with Crippen LogP contribution < -0.4 is 5.73 Å². The van der Waals surface area contributed by atoms with E-state index in [-0.39, 0.29) is 6.10 Å². The first kappa shape index (κ1) is 9.49. The summed E-state index contributed by atoms with van der Waals surface area (Å²) in [6.45, 7) is 0.484. The third kappa shape index (κ3) is 1.74. The van der Waals surface area contributed by atoms with Crippen LogP contribution in [-0.2, 0) is 4.84 Å². The molecule has 1 heterocycles. The second-order valence-corrected chi connectivity index (χ2v) is 3.59. The van der Waals surface area contributed by atoms with E-state index in [4.69, 9.17) is 22.2 Å². The minimum Gasteiger partial charge on any atom is -0.390 e. The van der Waals surface area contributed by atoms with E-state index in [1.807, 2.05) is 24.3 Å². The van der Waals surface area contributed by atoms with Gasteiger partial charge in [-0.3, -0.25) is 0 Å². The fourth-order valence-corrected chi connectivity index (χ4v) is 1.65. The Bertz CT molecular complexity index is 365. The van der Waals surface area contributed by atoms with Gasteiger partial charge in [0.1, 0.15) is 6.10 Å². The van der Waals surface area contributed by atoms with Gasteiger partial charge in [0.2, 0.25) is 0 Å². The summed E-state index contributed by atoms with van der Waals surface area (Å²) in [6, 6.07) is 7.60. The molecule has 0 aliphatic carbocycles. The highest BCUT2D eigenvalue weighted by molar-refractivity contribution is 6.34. The Morgan fingerprint density at radius 2 is 2.29 bits per heavy atom. The second kappa shape index (κ2) is 3.98. The lowest BCUT2D eigenvalue weighted by molar-refractivity contribution is 0.0918. The van der Waals surface area contributed by atoms with Crippen LogP contribution in [0.1, 0.15) is 12.0 Å². The maximum atomic E-state index is 6.03. The highest BCUT2D eigenvalue weighted by Crippen LogP contribution is 2.22. The third-order valence-electron chi connectivity index (χ3n) is 2.18. The predicted octanol–water partition coefficient (Wildman–Crippen LogP) is 1.79. The molecule has 0 spiro atoms. The van der Waals surface area contributed by atoms with Gasteiger partial charge in [0.05, 0.1) is 5.71 Å². The molecule has 14 heavy (non-hydrogen) atoms. The predicted molar refractivity (Wildman–Crippen MR) is 56.5 cm³/mol. The minimum atomic E-state index is 0.00118. The van der Waals surface area contributed by atoms with Gasteiger partial charge < -0.3 is 10.6 Å². The molecule has 0 unspecified atom stereocenters. The van der Waals surface area contributed by atoms with Crippen LogP contribution in [0.5, 0.6) is 0 Å². The average Bonchev–Trinajstić information content (AvgIpc) is 2.67. The van der Waals surface area contributed by atoms with Gasteiger partial charge in [0.15, 0.2) is 0 Å². The topological polar surface area (TPSA) is 47.6 Å². The molecule has 0 aromatic heterocycles. The molecule has 0 amide bonds. The molecule has 4 heteroatoms. The largest absolute Gasteiger partial charge is 0.390 e. The average molecular weight is 211 g/mol. The Labute approximate surface area is 87.5 Å². The number of nitrogens with two attached hydrogens (primary N) is 1. The lowest BCUT2D eigenvalue weighted by atomic mass is 10.1. The molecule has 3 nitrogen and oxygen atoms in total. The van der Waals surface area contributed by atoms with Crippen LogP contribution in [0.25, 0.3) is 0 Å². The Kier molecular flexibility index (Phi) is 2.70. The Balaban J connectivity index is 2.22. The van der Waals surface area contributed by atoms with Crippen molar-refractivity contribution in [1.29, 1.82) is 0 Å². The van der Waals surface area contributed by atoms with Crippen molar-refractivity contribution in [3.63, 3.8) is 0 Å². The van der Waals surface area contributed by atoms with E-state index in [0.29, 0.717) is 11.6 Å². The number of halogens is 1. The smallest absolute Gasteiger partial charge is 0.145 e. The minimum absolute atomic E-state index is 0.00118. The number of oxime groups is 1. The highest BCUT2D eigenvalue weighted by Gasteiger charge is 2.21. The number of rotatable bonds is 2. The molecule has 0 saturated heterocycles. The summed E-state index contributed by atoms with van der Waals surface area (Å²) >= 11 is 6.03. The summed E-state index contributed by atoms with van der Waals surface area (Å²) in [6.07, 6.45) is 0.738. The van der Waals surface area contributed by atoms with Crippen LogP contribution in [0.15, 0.2) is 29.4 Å². The van der Waals surface area contributed by atoms with E-state index < -0.39 is 0 Å². The molecule has 74 valence electrons. The van der Waals surface area contributed by atoms with Gasteiger partial charge in [0, 0.05) is 23.6 Å². The van der Waals surface area contributed by atoms with Crippen LogP contribution in [0, 0.1) is 0 Å². The van der Waals surface area contributed by atoms with Crippen molar-refractivity contribution >= 4 is 17.3 Å². The van der Waals surface area contributed by atoms with Crippen molar-refractivity contribution in [2.75, 3.05) is 6.54 Å². The Hall–Kier alpha value is -1.06. The molecule has 1 aliphatic rings. The maximum Gasteiger partial charge on any atom is 0.145 e. The van der Waals surface area contributed by atoms with Crippen LogP contribution in [0.3, 0.4) is 0 Å². The second-order valence-electron chi connectivity index (χ2n) is 3.19. The molecule has 0 radical (unpaired) electrons. The summed E-state index contributed by atoms with van der Waals surface area (Å²) < 4.78 is 0. The standard InChI is InChI=1S/C10H11ClN2O/c11-9-4-2-1-3-8(9)10-5-7(6-12)14-13-10/h1-4,7H,5-6,12H2/t7-/m0/s1. The zero-order valence-electron chi connectivity index (χ0n) is 7.61. The highest BCUT2D eigenvalue weighted by atomic mass is 35.5. The molecule has 2 N–H and O–H groups in total. The zero-order chi connectivity index (χ0) is 9.97. The number of nitrogens with zero attached hydrogens (tertiary/aromatic N) is 1. The fraction of sp³-hybridized carbons (Fsp3) is 0.300. The van der Waals surface area contributed by atoms with E-state index in [1.165, 1.54) is 0 Å². The van der Waals surface area contributed by atoms with Crippen LogP contribution in [0.2, 0.25) is 5.02 Å². The van der Waals surface area contributed by atoms with E-state index in [9.17, 15) is 0 Å². The van der Waals surface area contributed by atoms with E-state index in [1.54, 1.807) is 0 Å². The van der Waals surface area contributed by atoms with Gasteiger partial charge in [-0.15, -0.1) is 0 Å². The van der Waals surface area contributed by atoms with Crippen molar-refractivity contribution in [3.05, 3.63) is 34.9 Å². The number of benzene rings is 1. The van der Waals surface area contributed by atoms with E-state index in [2.05, 4.69) is 5.16 Å². The van der Waals surface area contributed by atoms with Crippen molar-refractivity contribution in [3.8, 4) is 0 Å². The maximum absolute atomic E-state index is 6.03. The Morgan fingerprint density at radius 1 is 1.50 bits per heavy atom. The molecule has 0 fully saturated rings. The molecular weight excluding hydrogens is 200 g/mol. The lowest BCUT2D eigenvalue weighted by Crippen LogP contribution is -2.20. The first-order valence-corrected chi connectivity index (χ1v) is 4.86. The summed E-state index contributed by atoms with van der Waals surface area (Å²) in [5.41, 5.74) is 7.30. The van der Waals surface area contributed by atoms with Crippen LogP contribution in [0.4, 0.5) is 0 Å². The van der Waals surface area contributed by atoms with Gasteiger partial charge in [0.25, 0.3) is 0 Å². The number of hydrogen-bond acceptors (Lipinski definition) is 3. The van der Waals surface area contributed by atoms with Crippen molar-refractivity contribution in [2.45, 2.75) is 12.5 Å². The van der Waals surface area contributed by atoms with Crippen molar-refractivity contribution < 1.29 is 4.84 Å². The van der Waals surface area contributed by atoms with Gasteiger partial charge in [-0.2, -0.15) is 0 Å².